The number of pyridine rings is 1. The van der Waals surface area contributed by atoms with Crippen LogP contribution in [0, 0.1) is 34.7 Å². The van der Waals surface area contributed by atoms with Crippen molar-refractivity contribution in [3.05, 3.63) is 70.1 Å². The molecule has 1 atom stereocenters. The van der Waals surface area contributed by atoms with E-state index in [4.69, 9.17) is 16.3 Å². The lowest BCUT2D eigenvalue weighted by Crippen LogP contribution is -2.44. The van der Waals surface area contributed by atoms with E-state index >= 15 is 4.39 Å². The molecular weight excluding hydrogens is 524 g/mol. The van der Waals surface area contributed by atoms with E-state index in [9.17, 15) is 23.1 Å². The first-order valence-electron chi connectivity index (χ1n) is 12.0. The molecule has 0 bridgehead atoms. The Hall–Kier alpha value is -3.35. The van der Waals surface area contributed by atoms with E-state index in [0.29, 0.717) is 41.9 Å². The fourth-order valence-electron chi connectivity index (χ4n) is 4.77. The number of benzene rings is 2. The molecule has 2 aromatic carbocycles. The van der Waals surface area contributed by atoms with Crippen molar-refractivity contribution in [2.45, 2.75) is 31.9 Å². The molecule has 200 valence electrons. The van der Waals surface area contributed by atoms with Crippen molar-refractivity contribution in [3.8, 4) is 17.6 Å². The molecule has 2 heterocycles. The molecule has 0 spiro atoms. The van der Waals surface area contributed by atoms with E-state index in [1.54, 1.807) is 18.2 Å². The minimum absolute atomic E-state index is 0.0503. The monoisotopic (exact) mass is 548 g/mol. The number of methoxy groups -OCH3 is 1. The molecule has 0 radical (unpaired) electrons. The van der Waals surface area contributed by atoms with Crippen molar-refractivity contribution in [1.82, 2.24) is 9.88 Å². The summed E-state index contributed by atoms with van der Waals surface area (Å²) in [4.78, 5) is 18.4. The van der Waals surface area contributed by atoms with Crippen molar-refractivity contribution in [2.75, 3.05) is 26.7 Å². The average Bonchev–Trinajstić information content (AvgIpc) is 2.89. The highest BCUT2D eigenvalue weighted by molar-refractivity contribution is 6.32. The van der Waals surface area contributed by atoms with Gasteiger partial charge in [-0.05, 0) is 43.9 Å². The summed E-state index contributed by atoms with van der Waals surface area (Å²) in [5, 5.41) is 10.7. The van der Waals surface area contributed by atoms with E-state index in [0.717, 1.165) is 0 Å². The van der Waals surface area contributed by atoms with Gasteiger partial charge in [-0.2, -0.15) is 0 Å². The second kappa shape index (κ2) is 11.6. The van der Waals surface area contributed by atoms with Crippen LogP contribution < -0.4 is 4.74 Å². The molecule has 0 amide bonds. The van der Waals surface area contributed by atoms with Gasteiger partial charge in [0.15, 0.2) is 0 Å². The Labute approximate surface area is 222 Å². The smallest absolute Gasteiger partial charge is 0.309 e. The van der Waals surface area contributed by atoms with Crippen molar-refractivity contribution >= 4 is 28.5 Å². The van der Waals surface area contributed by atoms with Gasteiger partial charge >= 0.3 is 5.97 Å². The zero-order chi connectivity index (χ0) is 27.4. The number of alkyl halides is 1. The number of halogens is 5. The normalized spacial score (nSPS) is 16.1. The Kier molecular flexibility index (Phi) is 8.44. The number of likely N-dealkylation sites (tertiary alicyclic amines) is 1. The molecule has 0 saturated carbocycles. The molecule has 0 aliphatic carbocycles. The Morgan fingerprint density at radius 3 is 2.53 bits per heavy atom. The highest BCUT2D eigenvalue weighted by Gasteiger charge is 2.41. The Morgan fingerprint density at radius 1 is 1.21 bits per heavy atom. The number of carbonyl (C=O) groups is 1. The zero-order valence-corrected chi connectivity index (χ0v) is 21.3. The van der Waals surface area contributed by atoms with Crippen molar-refractivity contribution < 1.29 is 32.2 Å². The number of carboxylic acid groups (broad SMARTS) is 1. The van der Waals surface area contributed by atoms with Crippen LogP contribution in [0.5, 0.6) is 5.75 Å². The van der Waals surface area contributed by atoms with Gasteiger partial charge in [0.2, 0.25) is 0 Å². The lowest BCUT2D eigenvalue weighted by molar-refractivity contribution is -0.152. The molecule has 3 aromatic rings. The summed E-state index contributed by atoms with van der Waals surface area (Å²) in [6.07, 6.45) is 0.433. The summed E-state index contributed by atoms with van der Waals surface area (Å²) in [6, 6.07) is 6.20. The summed E-state index contributed by atoms with van der Waals surface area (Å²) in [5.74, 6) is 1.38. The van der Waals surface area contributed by atoms with E-state index < -0.39 is 40.6 Å². The highest BCUT2D eigenvalue weighted by atomic mass is 35.5. The van der Waals surface area contributed by atoms with Crippen LogP contribution in [0.2, 0.25) is 5.02 Å². The molecule has 5 nitrogen and oxygen atoms in total. The number of fused-ring (bicyclic) bond motifs is 1. The number of hydrogen-bond donors (Lipinski definition) is 1. The van der Waals surface area contributed by atoms with Crippen molar-refractivity contribution in [1.29, 1.82) is 0 Å². The third kappa shape index (κ3) is 5.87. The molecule has 4 rings (SSSR count). The number of carboxylic acids is 1. The first-order valence-corrected chi connectivity index (χ1v) is 12.4. The summed E-state index contributed by atoms with van der Waals surface area (Å²) < 4.78 is 61.5. The van der Waals surface area contributed by atoms with Gasteiger partial charge in [0.05, 0.1) is 35.2 Å². The molecule has 1 N–H and O–H groups in total. The van der Waals surface area contributed by atoms with Crippen molar-refractivity contribution in [2.24, 2.45) is 5.41 Å². The molecule has 1 saturated heterocycles. The minimum atomic E-state index is -1.51. The van der Waals surface area contributed by atoms with Gasteiger partial charge in [-0.25, -0.2) is 17.6 Å². The molecule has 0 unspecified atom stereocenters. The lowest BCUT2D eigenvalue weighted by atomic mass is 9.74. The van der Waals surface area contributed by atoms with Crippen LogP contribution in [0.1, 0.15) is 43.0 Å². The number of aliphatic carboxylic acids is 1. The fourth-order valence-corrected chi connectivity index (χ4v) is 5.04. The largest absolute Gasteiger partial charge is 0.497 e. The van der Waals surface area contributed by atoms with E-state index in [2.05, 4.69) is 16.8 Å². The third-order valence-corrected chi connectivity index (χ3v) is 7.35. The molecular formula is C28H25ClF4N2O3. The zero-order valence-electron chi connectivity index (χ0n) is 20.5. The summed E-state index contributed by atoms with van der Waals surface area (Å²) in [5.41, 5.74) is -0.840. The van der Waals surface area contributed by atoms with Crippen LogP contribution in [-0.2, 0) is 4.79 Å². The predicted molar refractivity (Wildman–Crippen MR) is 135 cm³/mol. The second-order valence-electron chi connectivity index (χ2n) is 9.32. The van der Waals surface area contributed by atoms with Crippen LogP contribution in [0.3, 0.4) is 0 Å². The molecule has 1 aliphatic heterocycles. The maximum Gasteiger partial charge on any atom is 0.309 e. The summed E-state index contributed by atoms with van der Waals surface area (Å²) >= 11 is 6.31. The maximum atomic E-state index is 15.6. The van der Waals surface area contributed by atoms with Crippen LogP contribution in [0.4, 0.5) is 17.6 Å². The highest BCUT2D eigenvalue weighted by Crippen LogP contribution is 2.42. The second-order valence-corrected chi connectivity index (χ2v) is 9.72. The Balaban J connectivity index is 1.42. The lowest BCUT2D eigenvalue weighted by Gasteiger charge is -2.38. The molecule has 1 fully saturated rings. The van der Waals surface area contributed by atoms with E-state index in [1.807, 2.05) is 4.90 Å². The third-order valence-electron chi connectivity index (χ3n) is 7.05. The van der Waals surface area contributed by atoms with E-state index in [1.165, 1.54) is 13.3 Å². The quantitative estimate of drug-likeness (QED) is 0.276. The van der Waals surface area contributed by atoms with Crippen LogP contribution in [-0.4, -0.2) is 47.7 Å². The summed E-state index contributed by atoms with van der Waals surface area (Å²) in [6.45, 7) is 0.878. The predicted octanol–water partition coefficient (Wildman–Crippen LogP) is 6.32. The maximum absolute atomic E-state index is 15.6. The minimum Gasteiger partial charge on any atom is -0.497 e. The topological polar surface area (TPSA) is 62.7 Å². The SMILES string of the molecule is COc1ccc2ncc(Cl)c([C@H](F)CCC3(C(=O)O)CCN(CC#Cc4c(F)cc(F)cc4F)CC3)c2c1. The van der Waals surface area contributed by atoms with Gasteiger partial charge in [-0.3, -0.25) is 14.7 Å². The molecule has 1 aromatic heterocycles. The Morgan fingerprint density at radius 2 is 1.89 bits per heavy atom. The van der Waals surface area contributed by atoms with Gasteiger partial charge in [0.25, 0.3) is 0 Å². The summed E-state index contributed by atoms with van der Waals surface area (Å²) in [7, 11) is 1.50. The van der Waals surface area contributed by atoms with Gasteiger partial charge in [0.1, 0.15) is 29.4 Å². The first-order chi connectivity index (χ1) is 18.1. The number of ether oxygens (including phenoxy) is 1. The van der Waals surface area contributed by atoms with Crippen LogP contribution >= 0.6 is 11.6 Å². The fraction of sp³-hybridized carbons (Fsp3) is 0.357. The molecule has 38 heavy (non-hydrogen) atoms. The standard InChI is InChI=1S/C28H25ClF4N2O3/c1-38-18-4-5-25-20(15-18)26(21(29)16-34-25)22(31)6-7-28(27(36)37)8-11-35(12-9-28)10-2-3-19-23(32)13-17(30)14-24(19)33/h4-5,13-16,22H,6-12H2,1H3,(H,36,37)/t22-/m1/s1. The number of nitrogens with zero attached hydrogens (tertiary/aromatic N) is 2. The Bertz CT molecular complexity index is 1390. The van der Waals surface area contributed by atoms with Gasteiger partial charge < -0.3 is 9.84 Å². The van der Waals surface area contributed by atoms with Crippen molar-refractivity contribution in [3.63, 3.8) is 0 Å². The van der Waals surface area contributed by atoms with E-state index in [-0.39, 0.29) is 42.8 Å². The number of aromatic nitrogens is 1. The average molecular weight is 549 g/mol. The van der Waals surface area contributed by atoms with Gasteiger partial charge in [-0.15, -0.1) is 0 Å². The number of rotatable bonds is 7. The molecule has 10 heteroatoms. The number of piperidine rings is 1. The van der Waals surface area contributed by atoms with Gasteiger partial charge in [0, 0.05) is 42.4 Å². The number of hydrogen-bond acceptors (Lipinski definition) is 4. The molecule has 1 aliphatic rings. The first kappa shape index (κ1) is 27.7. The van der Waals surface area contributed by atoms with Gasteiger partial charge in [-0.1, -0.05) is 23.4 Å². The van der Waals surface area contributed by atoms with Crippen LogP contribution in [0.15, 0.2) is 36.5 Å². The van der Waals surface area contributed by atoms with Crippen LogP contribution in [0.25, 0.3) is 10.9 Å².